The zero-order valence-corrected chi connectivity index (χ0v) is 14.4. The predicted octanol–water partition coefficient (Wildman–Crippen LogP) is 3.87. The number of nitrogens with one attached hydrogen (secondary N) is 1. The second-order valence-electron chi connectivity index (χ2n) is 5.60. The molecule has 3 aromatic rings. The van der Waals surface area contributed by atoms with Crippen molar-refractivity contribution in [1.82, 2.24) is 10.1 Å². The van der Waals surface area contributed by atoms with Crippen LogP contribution >= 0.6 is 0 Å². The molecule has 0 aliphatic heterocycles. The Hall–Kier alpha value is -3.15. The fraction of sp³-hybridized carbons (Fsp3) is 0.211. The third-order valence-electron chi connectivity index (χ3n) is 3.78. The third kappa shape index (κ3) is 3.68. The Bertz CT molecular complexity index is 885. The summed E-state index contributed by atoms with van der Waals surface area (Å²) in [5.74, 6) is 1.51. The highest BCUT2D eigenvalue weighted by molar-refractivity contribution is 6.05. The molecule has 0 spiro atoms. The summed E-state index contributed by atoms with van der Waals surface area (Å²) in [7, 11) is 1.57. The van der Waals surface area contributed by atoms with Gasteiger partial charge in [0.25, 0.3) is 5.91 Å². The minimum absolute atomic E-state index is 0.210. The summed E-state index contributed by atoms with van der Waals surface area (Å²) >= 11 is 0. The standard InChI is InChI=1S/C19H19N3O3/c1-4-17-21-18(22-25-17)13-6-8-14(9-7-13)19(23)20-15-11-12(2)5-10-16(15)24-3/h5-11H,4H2,1-3H3,(H,20,23). The van der Waals surface area contributed by atoms with E-state index in [0.29, 0.717) is 35.1 Å². The molecule has 3 rings (SSSR count). The molecule has 0 aliphatic carbocycles. The number of nitrogens with zero attached hydrogens (tertiary/aromatic N) is 2. The maximum absolute atomic E-state index is 12.5. The maximum atomic E-state index is 12.5. The van der Waals surface area contributed by atoms with Crippen molar-refractivity contribution >= 4 is 11.6 Å². The van der Waals surface area contributed by atoms with Crippen molar-refractivity contribution in [1.29, 1.82) is 0 Å². The number of benzene rings is 2. The summed E-state index contributed by atoms with van der Waals surface area (Å²) in [6.07, 6.45) is 0.686. The summed E-state index contributed by atoms with van der Waals surface area (Å²) in [5, 5.41) is 6.81. The summed E-state index contributed by atoms with van der Waals surface area (Å²) in [6.45, 7) is 3.91. The topological polar surface area (TPSA) is 77.2 Å². The molecule has 25 heavy (non-hydrogen) atoms. The van der Waals surface area contributed by atoms with E-state index in [1.807, 2.05) is 32.0 Å². The van der Waals surface area contributed by atoms with Gasteiger partial charge in [0, 0.05) is 17.5 Å². The highest BCUT2D eigenvalue weighted by Gasteiger charge is 2.12. The minimum Gasteiger partial charge on any atom is -0.495 e. The molecule has 1 N–H and O–H groups in total. The summed E-state index contributed by atoms with van der Waals surface area (Å²) in [4.78, 5) is 16.8. The Morgan fingerprint density at radius 3 is 2.60 bits per heavy atom. The van der Waals surface area contributed by atoms with Crippen molar-refractivity contribution in [3.05, 3.63) is 59.5 Å². The molecule has 0 saturated heterocycles. The average Bonchev–Trinajstić information content (AvgIpc) is 3.11. The van der Waals surface area contributed by atoms with E-state index in [9.17, 15) is 4.79 Å². The van der Waals surface area contributed by atoms with Crippen molar-refractivity contribution < 1.29 is 14.1 Å². The van der Waals surface area contributed by atoms with E-state index in [4.69, 9.17) is 9.26 Å². The molecule has 0 radical (unpaired) electrons. The summed E-state index contributed by atoms with van der Waals surface area (Å²) < 4.78 is 10.4. The zero-order chi connectivity index (χ0) is 17.8. The van der Waals surface area contributed by atoms with Crippen LogP contribution in [-0.4, -0.2) is 23.2 Å². The largest absolute Gasteiger partial charge is 0.495 e. The number of methoxy groups -OCH3 is 1. The molecular weight excluding hydrogens is 318 g/mol. The van der Waals surface area contributed by atoms with Crippen LogP contribution in [0.1, 0.15) is 28.7 Å². The molecule has 1 aromatic heterocycles. The zero-order valence-electron chi connectivity index (χ0n) is 14.4. The van der Waals surface area contributed by atoms with Crippen molar-refractivity contribution in [2.45, 2.75) is 20.3 Å². The molecular formula is C19H19N3O3. The van der Waals surface area contributed by atoms with Gasteiger partial charge in [-0.15, -0.1) is 0 Å². The Labute approximate surface area is 145 Å². The highest BCUT2D eigenvalue weighted by atomic mass is 16.5. The molecule has 6 nitrogen and oxygen atoms in total. The smallest absolute Gasteiger partial charge is 0.255 e. The SMILES string of the molecule is CCc1nc(-c2ccc(C(=O)Nc3cc(C)ccc3OC)cc2)no1. The van der Waals surface area contributed by atoms with Gasteiger partial charge < -0.3 is 14.6 Å². The van der Waals surface area contributed by atoms with Gasteiger partial charge in [0.1, 0.15) is 5.75 Å². The van der Waals surface area contributed by atoms with Crippen LogP contribution in [0.2, 0.25) is 0 Å². The van der Waals surface area contributed by atoms with Crippen LogP contribution < -0.4 is 10.1 Å². The molecule has 0 atom stereocenters. The van der Waals surface area contributed by atoms with Gasteiger partial charge in [-0.2, -0.15) is 4.98 Å². The van der Waals surface area contributed by atoms with Crippen molar-refractivity contribution in [3.8, 4) is 17.1 Å². The van der Waals surface area contributed by atoms with E-state index in [1.165, 1.54) is 0 Å². The lowest BCUT2D eigenvalue weighted by atomic mass is 10.1. The first-order chi connectivity index (χ1) is 12.1. The van der Waals surface area contributed by atoms with Crippen molar-refractivity contribution in [2.24, 2.45) is 0 Å². The number of amides is 1. The molecule has 2 aromatic carbocycles. The number of anilines is 1. The molecule has 0 unspecified atom stereocenters. The van der Waals surface area contributed by atoms with Gasteiger partial charge in [-0.3, -0.25) is 4.79 Å². The maximum Gasteiger partial charge on any atom is 0.255 e. The van der Waals surface area contributed by atoms with Crippen LogP contribution in [0.3, 0.4) is 0 Å². The van der Waals surface area contributed by atoms with E-state index in [2.05, 4.69) is 15.5 Å². The normalized spacial score (nSPS) is 10.5. The number of hydrogen-bond acceptors (Lipinski definition) is 5. The van der Waals surface area contributed by atoms with E-state index < -0.39 is 0 Å². The molecule has 0 fully saturated rings. The van der Waals surface area contributed by atoms with E-state index in [-0.39, 0.29) is 5.91 Å². The van der Waals surface area contributed by atoms with E-state index in [1.54, 1.807) is 31.4 Å². The van der Waals surface area contributed by atoms with Gasteiger partial charge in [-0.05, 0) is 36.8 Å². The molecule has 0 aliphatic rings. The molecule has 1 amide bonds. The number of rotatable bonds is 5. The van der Waals surface area contributed by atoms with Crippen LogP contribution in [0.25, 0.3) is 11.4 Å². The lowest BCUT2D eigenvalue weighted by Gasteiger charge is -2.11. The number of carbonyl (C=O) groups excluding carboxylic acids is 1. The second kappa shape index (κ2) is 7.17. The average molecular weight is 337 g/mol. The van der Waals surface area contributed by atoms with Gasteiger partial charge in [-0.1, -0.05) is 30.3 Å². The fourth-order valence-electron chi connectivity index (χ4n) is 2.40. The van der Waals surface area contributed by atoms with Crippen molar-refractivity contribution in [2.75, 3.05) is 12.4 Å². The minimum atomic E-state index is -0.210. The van der Waals surface area contributed by atoms with Crippen LogP contribution in [0.4, 0.5) is 5.69 Å². The molecule has 6 heteroatoms. The first kappa shape index (κ1) is 16.7. The first-order valence-corrected chi connectivity index (χ1v) is 7.99. The molecule has 1 heterocycles. The predicted molar refractivity (Wildman–Crippen MR) is 94.8 cm³/mol. The Balaban J connectivity index is 1.78. The number of hydrogen-bond donors (Lipinski definition) is 1. The van der Waals surface area contributed by atoms with Crippen LogP contribution in [0.15, 0.2) is 47.0 Å². The molecule has 0 saturated carbocycles. The van der Waals surface area contributed by atoms with Gasteiger partial charge in [-0.25, -0.2) is 0 Å². The monoisotopic (exact) mass is 337 g/mol. The number of carbonyl (C=O) groups is 1. The summed E-state index contributed by atoms with van der Waals surface area (Å²) in [6, 6.07) is 12.7. The van der Waals surface area contributed by atoms with Crippen LogP contribution in [0.5, 0.6) is 5.75 Å². The van der Waals surface area contributed by atoms with E-state index >= 15 is 0 Å². The number of aromatic nitrogens is 2. The van der Waals surface area contributed by atoms with Crippen LogP contribution in [0, 0.1) is 6.92 Å². The molecule has 0 bridgehead atoms. The fourth-order valence-corrected chi connectivity index (χ4v) is 2.40. The second-order valence-corrected chi connectivity index (χ2v) is 5.60. The van der Waals surface area contributed by atoms with Gasteiger partial charge in [0.15, 0.2) is 0 Å². The van der Waals surface area contributed by atoms with Crippen LogP contribution in [-0.2, 0) is 6.42 Å². The Kier molecular flexibility index (Phi) is 4.79. The Morgan fingerprint density at radius 2 is 1.96 bits per heavy atom. The third-order valence-corrected chi connectivity index (χ3v) is 3.78. The van der Waals surface area contributed by atoms with E-state index in [0.717, 1.165) is 11.1 Å². The number of aryl methyl sites for hydroxylation is 2. The number of ether oxygens (including phenoxy) is 1. The van der Waals surface area contributed by atoms with Gasteiger partial charge in [0.05, 0.1) is 12.8 Å². The quantitative estimate of drug-likeness (QED) is 0.765. The van der Waals surface area contributed by atoms with Gasteiger partial charge >= 0.3 is 0 Å². The lowest BCUT2D eigenvalue weighted by molar-refractivity contribution is 0.102. The summed E-state index contributed by atoms with van der Waals surface area (Å²) in [5.41, 5.74) is 3.01. The van der Waals surface area contributed by atoms with Gasteiger partial charge in [0.2, 0.25) is 11.7 Å². The van der Waals surface area contributed by atoms with Crippen molar-refractivity contribution in [3.63, 3.8) is 0 Å². The Morgan fingerprint density at radius 1 is 1.20 bits per heavy atom. The lowest BCUT2D eigenvalue weighted by Crippen LogP contribution is -2.12. The molecule has 128 valence electrons. The highest BCUT2D eigenvalue weighted by Crippen LogP contribution is 2.26. The first-order valence-electron chi connectivity index (χ1n) is 7.99.